The number of thioether (sulfide) groups is 1. The van der Waals surface area contributed by atoms with E-state index in [0.717, 1.165) is 16.1 Å². The Morgan fingerprint density at radius 1 is 0.880 bits per heavy atom. The van der Waals surface area contributed by atoms with E-state index in [-0.39, 0.29) is 40.5 Å². The number of hydrogen-bond acceptors (Lipinski definition) is 12. The van der Waals surface area contributed by atoms with E-state index in [0.29, 0.717) is 122 Å². The van der Waals surface area contributed by atoms with Crippen LogP contribution in [-0.2, 0) is 23.7 Å². The minimum Gasteiger partial charge on any atom is -0.481 e. The molecule has 9 rings (SSSR count). The maximum Gasteiger partial charge on any atom is 0.326 e. The van der Waals surface area contributed by atoms with Crippen LogP contribution in [0.4, 0.5) is 32.8 Å². The van der Waals surface area contributed by atoms with Crippen molar-refractivity contribution in [3.05, 3.63) is 142 Å². The number of carbonyl (C=O) groups is 1. The highest BCUT2D eigenvalue weighted by atomic mass is 35.5. The van der Waals surface area contributed by atoms with Crippen molar-refractivity contribution in [2.75, 3.05) is 90.8 Å². The zero-order chi connectivity index (χ0) is 53.2. The van der Waals surface area contributed by atoms with Crippen molar-refractivity contribution in [2.45, 2.75) is 61.9 Å². The minimum atomic E-state index is -3.78. The highest BCUT2D eigenvalue weighted by Gasteiger charge is 2.41. The second-order valence-corrected chi connectivity index (χ2v) is 25.5. The summed E-state index contributed by atoms with van der Waals surface area (Å²) in [6.07, 6.45) is 3.03. The van der Waals surface area contributed by atoms with E-state index >= 15 is 4.39 Å². The molecule has 1 aromatic heterocycles. The Morgan fingerprint density at radius 2 is 1.53 bits per heavy atom. The van der Waals surface area contributed by atoms with Crippen LogP contribution in [0.1, 0.15) is 44.8 Å². The SMILES string of the molecule is Cc1c(S(C)(=O)=O)c(-c2cc(F)cc(N3CCN(c4ccc(N5CCO[P@]5(=O)c5ccc(N[C@H](CCN6CCC(C(=O)O)CC6)CSc6ccccc6)c([N+](=O)[O-])c5)cc4)CC3)c2)c(-c2ccc(Cl)cc2)n1C(C)C. The van der Waals surface area contributed by atoms with Crippen LogP contribution < -0.4 is 25.1 Å². The van der Waals surface area contributed by atoms with Gasteiger partial charge in [-0.15, -0.1) is 11.8 Å². The molecule has 20 heteroatoms. The molecule has 2 atom stereocenters. The van der Waals surface area contributed by atoms with Crippen LogP contribution in [-0.4, -0.2) is 111 Å². The number of rotatable bonds is 18. The lowest BCUT2D eigenvalue weighted by atomic mass is 9.97. The molecule has 2 N–H and O–H groups in total. The Kier molecular flexibility index (Phi) is 16.4. The van der Waals surface area contributed by atoms with Gasteiger partial charge in [-0.3, -0.25) is 24.1 Å². The molecule has 5 aromatic carbocycles. The standard InChI is InChI=1S/C55H62ClFN7O8PS2/c1-37(2)63-38(3)54(75(4,70)71)52(53(63)39-10-12-42(56)13-11-39)41-32-43(57)34-47(33-41)61-28-26-60(27-29-61)45-14-16-46(17-15-45)62-30-31-72-73(62,69)48-18-19-50(51(35-48)64(67)68)58-44(36-74-49-8-6-5-7-9-49)22-25-59-23-20-40(21-24-59)55(65)66/h5-19,32-35,37,40,44,58H,20-31,36H2,1-4H3,(H,65,66)/t44-,73-/m1/s1. The van der Waals surface area contributed by atoms with Gasteiger partial charge in [0.2, 0.25) is 0 Å². The fourth-order valence-corrected chi connectivity index (χ4v) is 15.3. The Morgan fingerprint density at radius 3 is 2.16 bits per heavy atom. The third-order valence-corrected chi connectivity index (χ3v) is 19.6. The van der Waals surface area contributed by atoms with Crippen molar-refractivity contribution >= 4 is 80.4 Å². The lowest BCUT2D eigenvalue weighted by molar-refractivity contribution is -0.383. The number of carboxylic acids is 1. The van der Waals surface area contributed by atoms with Gasteiger partial charge in [-0.05, 0) is 143 Å². The van der Waals surface area contributed by atoms with E-state index in [2.05, 4.69) is 20.0 Å². The molecule has 0 saturated carbocycles. The smallest absolute Gasteiger partial charge is 0.326 e. The van der Waals surface area contributed by atoms with Crippen LogP contribution >= 0.6 is 30.9 Å². The summed E-state index contributed by atoms with van der Waals surface area (Å²) in [6.45, 7) is 10.6. The van der Waals surface area contributed by atoms with Crippen LogP contribution in [0.2, 0.25) is 5.02 Å². The van der Waals surface area contributed by atoms with Crippen molar-refractivity contribution in [1.29, 1.82) is 0 Å². The summed E-state index contributed by atoms with van der Waals surface area (Å²) in [5.74, 6) is -0.954. The molecule has 15 nitrogen and oxygen atoms in total. The van der Waals surface area contributed by atoms with Gasteiger partial charge >= 0.3 is 13.5 Å². The molecular weight excluding hydrogens is 1040 g/mol. The zero-order valence-corrected chi connectivity index (χ0v) is 45.7. The topological polar surface area (TPSA) is 171 Å². The summed E-state index contributed by atoms with van der Waals surface area (Å²) in [6, 6.07) is 33.9. The maximum absolute atomic E-state index is 15.8. The molecule has 6 aromatic rings. The van der Waals surface area contributed by atoms with E-state index in [1.165, 1.54) is 24.5 Å². The third kappa shape index (κ3) is 11.9. The van der Waals surface area contributed by atoms with Gasteiger partial charge in [0, 0.05) is 101 Å². The second-order valence-electron chi connectivity index (χ2n) is 19.7. The number of carboxylic acid groups (broad SMARTS) is 1. The van der Waals surface area contributed by atoms with Gasteiger partial charge in [-0.2, -0.15) is 0 Å². The molecule has 396 valence electrons. The first-order chi connectivity index (χ1) is 35.9. The summed E-state index contributed by atoms with van der Waals surface area (Å²) < 4.78 is 67.5. The first-order valence-corrected chi connectivity index (χ1v) is 30.0. The van der Waals surface area contributed by atoms with E-state index < -0.39 is 34.1 Å². The normalized spacial score (nSPS) is 18.2. The Hall–Kier alpha value is -5.88. The van der Waals surface area contributed by atoms with Gasteiger partial charge in [-0.1, -0.05) is 41.9 Å². The number of piperidine rings is 1. The molecule has 0 spiro atoms. The van der Waals surface area contributed by atoms with E-state index in [1.807, 2.05) is 91.2 Å². The summed E-state index contributed by atoms with van der Waals surface area (Å²) in [7, 11) is -7.54. The van der Waals surface area contributed by atoms with Crippen molar-refractivity contribution in [1.82, 2.24) is 9.47 Å². The van der Waals surface area contributed by atoms with Crippen molar-refractivity contribution < 1.29 is 36.7 Å². The van der Waals surface area contributed by atoms with Crippen LogP contribution in [0.3, 0.4) is 0 Å². The number of nitrogens with zero attached hydrogens (tertiary/aromatic N) is 6. The number of aromatic nitrogens is 1. The molecule has 3 aliphatic rings. The molecule has 0 bridgehead atoms. The van der Waals surface area contributed by atoms with E-state index in [1.54, 1.807) is 47.6 Å². The van der Waals surface area contributed by atoms with Gasteiger partial charge in [0.25, 0.3) is 5.69 Å². The quantitative estimate of drug-likeness (QED) is 0.0360. The number of nitro benzene ring substituents is 1. The van der Waals surface area contributed by atoms with Gasteiger partial charge in [0.05, 0.1) is 39.9 Å². The fourth-order valence-electron chi connectivity index (χ4n) is 10.7. The van der Waals surface area contributed by atoms with Crippen LogP contribution in [0.5, 0.6) is 0 Å². The van der Waals surface area contributed by atoms with Gasteiger partial charge in [0.15, 0.2) is 9.84 Å². The van der Waals surface area contributed by atoms with E-state index in [4.69, 9.17) is 16.1 Å². The fraction of sp³-hybridized carbons (Fsp3) is 0.364. The molecule has 3 saturated heterocycles. The Balaban J connectivity index is 0.896. The molecular formula is C55H62ClFN7O8PS2. The zero-order valence-electron chi connectivity index (χ0n) is 42.4. The number of nitrogens with one attached hydrogen (secondary N) is 1. The number of sulfone groups is 1. The number of nitro groups is 1. The molecule has 3 fully saturated rings. The van der Waals surface area contributed by atoms with Gasteiger partial charge in [0.1, 0.15) is 11.5 Å². The highest BCUT2D eigenvalue weighted by Crippen LogP contribution is 2.56. The number of anilines is 4. The summed E-state index contributed by atoms with van der Waals surface area (Å²) >= 11 is 7.92. The van der Waals surface area contributed by atoms with Crippen LogP contribution in [0.25, 0.3) is 22.4 Å². The molecule has 0 aliphatic carbocycles. The van der Waals surface area contributed by atoms with Crippen molar-refractivity contribution in [2.24, 2.45) is 5.92 Å². The molecule has 75 heavy (non-hydrogen) atoms. The number of halogens is 2. The van der Waals surface area contributed by atoms with E-state index in [9.17, 15) is 33.0 Å². The first-order valence-electron chi connectivity index (χ1n) is 25.2. The predicted octanol–water partition coefficient (Wildman–Crippen LogP) is 11.3. The number of likely N-dealkylation sites (tertiary alicyclic amines) is 1. The monoisotopic (exact) mass is 1100 g/mol. The number of benzene rings is 5. The lowest BCUT2D eigenvalue weighted by Crippen LogP contribution is -2.46. The van der Waals surface area contributed by atoms with Gasteiger partial charge < -0.3 is 34.2 Å². The minimum absolute atomic E-state index is 0.103. The molecule has 0 unspecified atom stereocenters. The second kappa shape index (κ2) is 22.8. The molecule has 3 aliphatic heterocycles. The average Bonchev–Trinajstić information content (AvgIpc) is 3.98. The molecule has 0 radical (unpaired) electrons. The summed E-state index contributed by atoms with van der Waals surface area (Å²) in [4.78, 5) is 31.6. The summed E-state index contributed by atoms with van der Waals surface area (Å²) in [5.41, 5.74) is 5.24. The first kappa shape index (κ1) is 53.9. The Bertz CT molecular complexity index is 3210. The number of aliphatic carboxylic acids is 1. The number of hydrogen-bond donors (Lipinski definition) is 2. The predicted molar refractivity (Wildman–Crippen MR) is 299 cm³/mol. The Labute approximate surface area is 447 Å². The molecule has 0 amide bonds. The largest absolute Gasteiger partial charge is 0.481 e. The third-order valence-electron chi connectivity index (χ3n) is 14.4. The lowest BCUT2D eigenvalue weighted by Gasteiger charge is -2.37. The van der Waals surface area contributed by atoms with Gasteiger partial charge in [-0.25, -0.2) is 12.8 Å². The molecule has 4 heterocycles. The van der Waals surface area contributed by atoms with Crippen LogP contribution in [0.15, 0.2) is 125 Å². The van der Waals surface area contributed by atoms with Crippen molar-refractivity contribution in [3.63, 3.8) is 0 Å². The van der Waals surface area contributed by atoms with Crippen molar-refractivity contribution in [3.8, 4) is 22.4 Å². The summed E-state index contributed by atoms with van der Waals surface area (Å²) in [5, 5.41) is 26.4. The average molecular weight is 1100 g/mol. The van der Waals surface area contributed by atoms with Crippen LogP contribution in [0, 0.1) is 28.8 Å². The highest BCUT2D eigenvalue weighted by molar-refractivity contribution is 7.99. The number of piperazine rings is 1. The maximum atomic E-state index is 15.8.